The van der Waals surface area contributed by atoms with E-state index >= 15 is 0 Å². The van der Waals surface area contributed by atoms with Gasteiger partial charge in [-0.05, 0) is 24.8 Å². The smallest absolute Gasteiger partial charge is 0.413 e. The molecule has 1 aromatic rings. The molecule has 0 aromatic heterocycles. The Balaban J connectivity index is 1.78. The van der Waals surface area contributed by atoms with Gasteiger partial charge in [-0.2, -0.15) is 0 Å². The van der Waals surface area contributed by atoms with E-state index in [0.717, 1.165) is 5.56 Å². The van der Waals surface area contributed by atoms with Crippen LogP contribution < -0.4 is 0 Å². The maximum absolute atomic E-state index is 12.2. The third kappa shape index (κ3) is 5.26. The summed E-state index contributed by atoms with van der Waals surface area (Å²) < 4.78 is 15.0. The Morgan fingerprint density at radius 2 is 1.96 bits per heavy atom. The zero-order valence-corrected chi connectivity index (χ0v) is 13.6. The number of esters is 2. The summed E-state index contributed by atoms with van der Waals surface area (Å²) in [5, 5.41) is 0. The van der Waals surface area contributed by atoms with Crippen molar-refractivity contribution in [1.29, 1.82) is 0 Å². The third-order valence-corrected chi connectivity index (χ3v) is 3.61. The fourth-order valence-corrected chi connectivity index (χ4v) is 2.36. The number of amides is 1. The summed E-state index contributed by atoms with van der Waals surface area (Å²) in [6.45, 7) is 1.69. The van der Waals surface area contributed by atoms with Gasteiger partial charge in [0.15, 0.2) is 6.73 Å². The third-order valence-electron chi connectivity index (χ3n) is 3.61. The fraction of sp³-hybridized carbons (Fsp3) is 0.471. The van der Waals surface area contributed by atoms with Gasteiger partial charge in [0.25, 0.3) is 0 Å². The Kier molecular flexibility index (Phi) is 6.60. The Morgan fingerprint density at radius 3 is 2.67 bits per heavy atom. The molecule has 0 N–H and O–H groups in total. The van der Waals surface area contributed by atoms with Crippen molar-refractivity contribution in [2.24, 2.45) is 0 Å². The van der Waals surface area contributed by atoms with Crippen molar-refractivity contribution in [2.45, 2.75) is 38.8 Å². The zero-order valence-electron chi connectivity index (χ0n) is 13.6. The summed E-state index contributed by atoms with van der Waals surface area (Å²) in [6.07, 6.45) is 1.13. The molecule has 24 heavy (non-hydrogen) atoms. The Labute approximate surface area is 140 Å². The minimum atomic E-state index is -0.648. The average Bonchev–Trinajstić information content (AvgIpc) is 2.94. The van der Waals surface area contributed by atoms with Gasteiger partial charge in [-0.25, -0.2) is 9.59 Å². The van der Waals surface area contributed by atoms with Crippen molar-refractivity contribution in [3.63, 3.8) is 0 Å². The van der Waals surface area contributed by atoms with E-state index in [2.05, 4.69) is 0 Å². The lowest BCUT2D eigenvalue weighted by Gasteiger charge is -2.19. The van der Waals surface area contributed by atoms with Gasteiger partial charge in [0.05, 0.1) is 6.61 Å². The molecule has 1 aromatic carbocycles. The van der Waals surface area contributed by atoms with Crippen LogP contribution in [-0.4, -0.2) is 42.3 Å². The van der Waals surface area contributed by atoms with Crippen molar-refractivity contribution >= 4 is 18.0 Å². The van der Waals surface area contributed by atoms with E-state index in [-0.39, 0.29) is 19.3 Å². The lowest BCUT2D eigenvalue weighted by molar-refractivity contribution is -0.141. The maximum atomic E-state index is 12.2. The molecule has 1 aliphatic heterocycles. The van der Waals surface area contributed by atoms with Crippen molar-refractivity contribution in [3.05, 3.63) is 35.9 Å². The number of hydrogen-bond acceptors (Lipinski definition) is 6. The molecule has 130 valence electrons. The van der Waals surface area contributed by atoms with Crippen LogP contribution in [0, 0.1) is 0 Å². The highest BCUT2D eigenvalue weighted by Crippen LogP contribution is 2.19. The second kappa shape index (κ2) is 8.90. The largest absolute Gasteiger partial charge is 0.466 e. The molecule has 0 aliphatic carbocycles. The molecule has 7 nitrogen and oxygen atoms in total. The lowest BCUT2D eigenvalue weighted by Crippen LogP contribution is -2.38. The average molecular weight is 335 g/mol. The number of cyclic esters (lactones) is 1. The molecule has 0 saturated carbocycles. The molecular formula is C17H21NO6. The molecule has 7 heteroatoms. The lowest BCUT2D eigenvalue weighted by atomic mass is 10.1. The minimum absolute atomic E-state index is 0.0962. The molecule has 1 saturated heterocycles. The van der Waals surface area contributed by atoms with Crippen molar-refractivity contribution < 1.29 is 28.6 Å². The fourth-order valence-electron chi connectivity index (χ4n) is 2.36. The van der Waals surface area contributed by atoms with Gasteiger partial charge in [-0.3, -0.25) is 9.69 Å². The van der Waals surface area contributed by atoms with Gasteiger partial charge in [-0.15, -0.1) is 0 Å². The van der Waals surface area contributed by atoms with Crippen LogP contribution in [-0.2, 0) is 30.4 Å². The maximum Gasteiger partial charge on any atom is 0.413 e. The van der Waals surface area contributed by atoms with Gasteiger partial charge < -0.3 is 14.2 Å². The molecule has 0 radical (unpaired) electrons. The summed E-state index contributed by atoms with van der Waals surface area (Å²) in [5.74, 6) is -0.763. The van der Waals surface area contributed by atoms with Gasteiger partial charge in [0, 0.05) is 6.92 Å². The summed E-state index contributed by atoms with van der Waals surface area (Å²) in [6, 6.07) is 8.65. The van der Waals surface area contributed by atoms with Crippen LogP contribution in [0.5, 0.6) is 0 Å². The first-order valence-electron chi connectivity index (χ1n) is 7.85. The van der Waals surface area contributed by atoms with Gasteiger partial charge in [0.2, 0.25) is 0 Å². The number of nitrogens with zero attached hydrogens (tertiary/aromatic N) is 1. The van der Waals surface area contributed by atoms with E-state index in [1.54, 1.807) is 0 Å². The highest BCUT2D eigenvalue weighted by Gasteiger charge is 2.38. The first-order chi connectivity index (χ1) is 11.6. The number of benzene rings is 1. The molecule has 2 rings (SSSR count). The molecule has 1 aliphatic rings. The molecule has 1 amide bonds. The van der Waals surface area contributed by atoms with Crippen LogP contribution in [0.1, 0.15) is 31.7 Å². The first-order valence-corrected chi connectivity index (χ1v) is 7.85. The van der Waals surface area contributed by atoms with E-state index in [0.29, 0.717) is 25.9 Å². The highest BCUT2D eigenvalue weighted by atomic mass is 16.6. The number of carbonyl (C=O) groups is 3. The Morgan fingerprint density at radius 1 is 1.21 bits per heavy atom. The van der Waals surface area contributed by atoms with E-state index in [4.69, 9.17) is 14.2 Å². The summed E-state index contributed by atoms with van der Waals surface area (Å²) in [7, 11) is 0. The standard InChI is InChI=1S/C17H21NO6/c1-13(19)22-10-6-5-9-15-16(20)24-12-18(15)17(21)23-11-14-7-3-2-4-8-14/h2-4,7-8,15H,5-6,9-12H2,1H3/t15-/m0/s1. The monoisotopic (exact) mass is 335 g/mol. The number of ether oxygens (including phenoxy) is 3. The predicted octanol–water partition coefficient (Wildman–Crippen LogP) is 2.24. The quantitative estimate of drug-likeness (QED) is 0.432. The van der Waals surface area contributed by atoms with E-state index in [9.17, 15) is 14.4 Å². The summed E-state index contributed by atoms with van der Waals surface area (Å²) >= 11 is 0. The van der Waals surface area contributed by atoms with Crippen LogP contribution in [0.2, 0.25) is 0 Å². The molecule has 1 heterocycles. The van der Waals surface area contributed by atoms with Crippen molar-refractivity contribution in [2.75, 3.05) is 13.3 Å². The second-order valence-corrected chi connectivity index (χ2v) is 5.45. The van der Waals surface area contributed by atoms with Gasteiger partial charge in [0.1, 0.15) is 12.6 Å². The number of unbranched alkanes of at least 4 members (excludes halogenated alkanes) is 1. The number of rotatable bonds is 7. The summed E-state index contributed by atoms with van der Waals surface area (Å²) in [5.41, 5.74) is 0.871. The topological polar surface area (TPSA) is 82.1 Å². The number of carbonyl (C=O) groups excluding carboxylic acids is 3. The molecular weight excluding hydrogens is 314 g/mol. The van der Waals surface area contributed by atoms with Crippen LogP contribution in [0.25, 0.3) is 0 Å². The zero-order chi connectivity index (χ0) is 17.4. The van der Waals surface area contributed by atoms with E-state index < -0.39 is 18.1 Å². The molecule has 0 unspecified atom stereocenters. The van der Waals surface area contributed by atoms with Crippen LogP contribution in [0.15, 0.2) is 30.3 Å². The van der Waals surface area contributed by atoms with Gasteiger partial charge in [-0.1, -0.05) is 30.3 Å². The Hall–Kier alpha value is -2.57. The molecule has 1 fully saturated rings. The van der Waals surface area contributed by atoms with Crippen LogP contribution in [0.4, 0.5) is 4.79 Å². The molecule has 0 spiro atoms. The summed E-state index contributed by atoms with van der Waals surface area (Å²) in [4.78, 5) is 35.9. The molecule has 0 bridgehead atoms. The minimum Gasteiger partial charge on any atom is -0.466 e. The normalized spacial score (nSPS) is 16.6. The Bertz CT molecular complexity index is 574. The number of hydrogen-bond donors (Lipinski definition) is 0. The SMILES string of the molecule is CC(=O)OCCCC[C@H]1C(=O)OCN1C(=O)OCc1ccccc1. The van der Waals surface area contributed by atoms with E-state index in [1.165, 1.54) is 11.8 Å². The van der Waals surface area contributed by atoms with Crippen LogP contribution >= 0.6 is 0 Å². The second-order valence-electron chi connectivity index (χ2n) is 5.45. The molecule has 1 atom stereocenters. The van der Waals surface area contributed by atoms with Crippen molar-refractivity contribution in [3.8, 4) is 0 Å². The van der Waals surface area contributed by atoms with Gasteiger partial charge >= 0.3 is 18.0 Å². The predicted molar refractivity (Wildman–Crippen MR) is 83.7 cm³/mol. The van der Waals surface area contributed by atoms with E-state index in [1.807, 2.05) is 30.3 Å². The van der Waals surface area contributed by atoms with Crippen molar-refractivity contribution in [1.82, 2.24) is 4.90 Å². The highest BCUT2D eigenvalue weighted by molar-refractivity contribution is 5.83. The first kappa shape index (κ1) is 17.8. The van der Waals surface area contributed by atoms with Crippen LogP contribution in [0.3, 0.4) is 0 Å².